The van der Waals surface area contributed by atoms with Crippen molar-refractivity contribution in [3.63, 3.8) is 0 Å². The van der Waals surface area contributed by atoms with Crippen molar-refractivity contribution in [2.75, 3.05) is 26.2 Å². The highest BCUT2D eigenvalue weighted by Crippen LogP contribution is 2.20. The smallest absolute Gasteiger partial charge is 0.273 e. The quantitative estimate of drug-likeness (QED) is 0.456. The molecule has 160 valence electrons. The summed E-state index contributed by atoms with van der Waals surface area (Å²) in [7, 11) is 0. The fraction of sp³-hybridized carbons (Fsp3) is 0.435. The van der Waals surface area contributed by atoms with Gasteiger partial charge in [-0.05, 0) is 49.5 Å². The zero-order chi connectivity index (χ0) is 21.5. The van der Waals surface area contributed by atoms with Gasteiger partial charge in [0.05, 0.1) is 11.3 Å². The summed E-state index contributed by atoms with van der Waals surface area (Å²) in [6.07, 6.45) is 2.38. The van der Waals surface area contributed by atoms with Crippen LogP contribution in [-0.4, -0.2) is 46.8 Å². The zero-order valence-corrected chi connectivity index (χ0v) is 18.1. The molecule has 0 aliphatic carbocycles. The second-order valence-electron chi connectivity index (χ2n) is 8.03. The largest absolute Gasteiger partial charge is 0.337 e. The van der Waals surface area contributed by atoms with E-state index in [4.69, 9.17) is 11.6 Å². The molecule has 0 aromatic heterocycles. The van der Waals surface area contributed by atoms with Crippen molar-refractivity contribution in [3.05, 3.63) is 74.8 Å². The monoisotopic (exact) mass is 429 g/mol. The van der Waals surface area contributed by atoms with Gasteiger partial charge in [-0.2, -0.15) is 0 Å². The minimum Gasteiger partial charge on any atom is -0.337 e. The topological polar surface area (TPSA) is 66.7 Å². The van der Waals surface area contributed by atoms with E-state index in [1.807, 2.05) is 24.3 Å². The average Bonchev–Trinajstić information content (AvgIpc) is 2.74. The van der Waals surface area contributed by atoms with Crippen LogP contribution in [0.2, 0.25) is 5.02 Å². The highest BCUT2D eigenvalue weighted by atomic mass is 35.5. The molecule has 0 radical (unpaired) electrons. The van der Waals surface area contributed by atoms with E-state index < -0.39 is 4.92 Å². The Labute approximate surface area is 182 Å². The molecule has 2 aromatic carbocycles. The minimum absolute atomic E-state index is 0.0117. The van der Waals surface area contributed by atoms with Gasteiger partial charge in [0, 0.05) is 36.3 Å². The third-order valence-corrected chi connectivity index (χ3v) is 5.98. The van der Waals surface area contributed by atoms with E-state index in [0.717, 1.165) is 31.1 Å². The first kappa shape index (κ1) is 22.2. The van der Waals surface area contributed by atoms with Gasteiger partial charge in [0.1, 0.15) is 0 Å². The Kier molecular flexibility index (Phi) is 7.82. The van der Waals surface area contributed by atoms with Crippen molar-refractivity contribution in [2.24, 2.45) is 5.92 Å². The molecule has 1 fully saturated rings. The lowest BCUT2D eigenvalue weighted by molar-refractivity contribution is -0.385. The van der Waals surface area contributed by atoms with Crippen LogP contribution in [0.3, 0.4) is 0 Å². The number of piperidine rings is 1. The molecule has 0 bridgehead atoms. The van der Waals surface area contributed by atoms with Crippen molar-refractivity contribution in [1.82, 2.24) is 9.80 Å². The number of carbonyl (C=O) groups excluding carboxylic acids is 1. The number of nitro benzene ring substituents is 1. The summed E-state index contributed by atoms with van der Waals surface area (Å²) in [5.41, 5.74) is 1.42. The molecule has 30 heavy (non-hydrogen) atoms. The van der Waals surface area contributed by atoms with Gasteiger partial charge >= 0.3 is 0 Å². The molecular weight excluding hydrogens is 402 g/mol. The Morgan fingerprint density at radius 3 is 2.50 bits per heavy atom. The zero-order valence-electron chi connectivity index (χ0n) is 17.3. The van der Waals surface area contributed by atoms with Crippen molar-refractivity contribution < 1.29 is 9.72 Å². The number of hydrogen-bond donors (Lipinski definition) is 0. The molecule has 0 spiro atoms. The Morgan fingerprint density at radius 1 is 1.17 bits per heavy atom. The molecule has 0 atom stereocenters. The highest BCUT2D eigenvalue weighted by Gasteiger charge is 2.22. The van der Waals surface area contributed by atoms with Crippen LogP contribution in [0.4, 0.5) is 5.69 Å². The Bertz CT molecular complexity index is 864. The van der Waals surface area contributed by atoms with Crippen LogP contribution < -0.4 is 0 Å². The van der Waals surface area contributed by atoms with Crippen LogP contribution in [0.15, 0.2) is 48.5 Å². The summed E-state index contributed by atoms with van der Waals surface area (Å²) >= 11 is 5.99. The lowest BCUT2D eigenvalue weighted by Gasteiger charge is -2.32. The van der Waals surface area contributed by atoms with Gasteiger partial charge < -0.3 is 9.80 Å². The van der Waals surface area contributed by atoms with E-state index in [1.165, 1.54) is 18.9 Å². The second kappa shape index (κ2) is 10.5. The van der Waals surface area contributed by atoms with Crippen molar-refractivity contribution in [1.29, 1.82) is 0 Å². The molecule has 1 saturated heterocycles. The van der Waals surface area contributed by atoms with Gasteiger partial charge in [0.15, 0.2) is 0 Å². The number of likely N-dealkylation sites (tertiary alicyclic amines) is 1. The molecule has 1 aliphatic rings. The predicted octanol–water partition coefficient (Wildman–Crippen LogP) is 4.55. The predicted molar refractivity (Wildman–Crippen MR) is 119 cm³/mol. The lowest BCUT2D eigenvalue weighted by atomic mass is 9.99. The standard InChI is InChI=1S/C23H28ClN3O3/c1-18-10-12-25(13-11-18)14-15-26(17-19-6-8-21(24)9-7-19)23(28)16-20-4-2-3-5-22(20)27(29)30/h2-9,18H,10-17H2,1H3. The number of halogens is 1. The minimum atomic E-state index is -0.430. The highest BCUT2D eigenvalue weighted by molar-refractivity contribution is 6.30. The van der Waals surface area contributed by atoms with Crippen LogP contribution in [-0.2, 0) is 17.8 Å². The first-order chi connectivity index (χ1) is 14.4. The number of hydrogen-bond acceptors (Lipinski definition) is 4. The average molecular weight is 430 g/mol. The number of nitrogens with zero attached hydrogens (tertiary/aromatic N) is 3. The number of benzene rings is 2. The third-order valence-electron chi connectivity index (χ3n) is 5.73. The number of nitro groups is 1. The Hall–Kier alpha value is -2.44. The summed E-state index contributed by atoms with van der Waals surface area (Å²) in [5.74, 6) is 0.649. The summed E-state index contributed by atoms with van der Waals surface area (Å²) < 4.78 is 0. The van der Waals surface area contributed by atoms with Gasteiger partial charge in [-0.25, -0.2) is 0 Å². The molecule has 3 rings (SSSR count). The molecule has 1 amide bonds. The normalized spacial score (nSPS) is 15.1. The number of para-hydroxylation sites is 1. The Balaban J connectivity index is 1.71. The molecule has 7 heteroatoms. The van der Waals surface area contributed by atoms with Crippen molar-refractivity contribution in [2.45, 2.75) is 32.7 Å². The third kappa shape index (κ3) is 6.28. The molecule has 2 aromatic rings. The lowest BCUT2D eigenvalue weighted by Crippen LogP contribution is -2.41. The molecule has 0 unspecified atom stereocenters. The first-order valence-corrected chi connectivity index (χ1v) is 10.8. The summed E-state index contributed by atoms with van der Waals surface area (Å²) in [6.45, 7) is 6.24. The van der Waals surface area contributed by atoms with E-state index in [0.29, 0.717) is 23.7 Å². The van der Waals surface area contributed by atoms with E-state index in [2.05, 4.69) is 11.8 Å². The van der Waals surface area contributed by atoms with Crippen LogP contribution in [0.5, 0.6) is 0 Å². The molecular formula is C23H28ClN3O3. The molecule has 1 heterocycles. The van der Waals surface area contributed by atoms with Crippen LogP contribution in [0.1, 0.15) is 30.9 Å². The summed E-state index contributed by atoms with van der Waals surface area (Å²) in [4.78, 5) is 28.2. The van der Waals surface area contributed by atoms with E-state index in [1.54, 1.807) is 23.1 Å². The van der Waals surface area contributed by atoms with E-state index >= 15 is 0 Å². The number of amides is 1. The summed E-state index contributed by atoms with van der Waals surface area (Å²) in [5, 5.41) is 12.0. The fourth-order valence-electron chi connectivity index (χ4n) is 3.76. The van der Waals surface area contributed by atoms with Gasteiger partial charge in [0.2, 0.25) is 5.91 Å². The molecule has 0 saturated carbocycles. The molecule has 6 nitrogen and oxygen atoms in total. The second-order valence-corrected chi connectivity index (χ2v) is 8.46. The number of carbonyl (C=O) groups is 1. The SMILES string of the molecule is CC1CCN(CCN(Cc2ccc(Cl)cc2)C(=O)Cc2ccccc2[N+](=O)[O-])CC1. The Morgan fingerprint density at radius 2 is 1.83 bits per heavy atom. The van der Waals surface area contributed by atoms with Crippen molar-refractivity contribution >= 4 is 23.2 Å². The fourth-order valence-corrected chi connectivity index (χ4v) is 3.89. The maximum Gasteiger partial charge on any atom is 0.273 e. The van der Waals surface area contributed by atoms with Gasteiger partial charge in [-0.15, -0.1) is 0 Å². The van der Waals surface area contributed by atoms with Crippen LogP contribution >= 0.6 is 11.6 Å². The van der Waals surface area contributed by atoms with Crippen LogP contribution in [0, 0.1) is 16.0 Å². The first-order valence-electron chi connectivity index (χ1n) is 10.4. The van der Waals surface area contributed by atoms with E-state index in [9.17, 15) is 14.9 Å². The van der Waals surface area contributed by atoms with Gasteiger partial charge in [-0.1, -0.05) is 48.9 Å². The van der Waals surface area contributed by atoms with Gasteiger partial charge in [0.25, 0.3) is 5.69 Å². The maximum atomic E-state index is 13.1. The molecule has 0 N–H and O–H groups in total. The number of rotatable bonds is 8. The van der Waals surface area contributed by atoms with Crippen LogP contribution in [0.25, 0.3) is 0 Å². The van der Waals surface area contributed by atoms with Crippen molar-refractivity contribution in [3.8, 4) is 0 Å². The molecule has 1 aliphatic heterocycles. The van der Waals surface area contributed by atoms with E-state index in [-0.39, 0.29) is 18.0 Å². The van der Waals surface area contributed by atoms with Gasteiger partial charge in [-0.3, -0.25) is 14.9 Å². The maximum absolute atomic E-state index is 13.1. The summed E-state index contributed by atoms with van der Waals surface area (Å²) in [6, 6.07) is 13.9.